The highest BCUT2D eigenvalue weighted by Crippen LogP contribution is 2.29. The van der Waals surface area contributed by atoms with Crippen LogP contribution in [-0.4, -0.2) is 50.0 Å². The fourth-order valence-electron chi connectivity index (χ4n) is 3.97. The Hall–Kier alpha value is -1.92. The second kappa shape index (κ2) is 8.85. The first-order valence-electron chi connectivity index (χ1n) is 9.40. The molecule has 1 aliphatic heterocycles. The van der Waals surface area contributed by atoms with E-state index in [4.69, 9.17) is 4.74 Å². The lowest BCUT2D eigenvalue weighted by molar-refractivity contribution is 0.171. The van der Waals surface area contributed by atoms with Crippen molar-refractivity contribution in [3.05, 3.63) is 59.8 Å². The van der Waals surface area contributed by atoms with E-state index in [9.17, 15) is 8.42 Å². The lowest BCUT2D eigenvalue weighted by Gasteiger charge is -2.35. The SMILES string of the molecule is COc1ncccc1CN1CCC(C(Cc2ccccc2)S(C)(=O)=O)CC1. The molecule has 2 aromatic rings. The molecule has 0 saturated carbocycles. The van der Waals surface area contributed by atoms with E-state index in [2.05, 4.69) is 9.88 Å². The van der Waals surface area contributed by atoms with Gasteiger partial charge in [-0.05, 0) is 49.9 Å². The van der Waals surface area contributed by atoms with Gasteiger partial charge in [-0.15, -0.1) is 0 Å². The highest BCUT2D eigenvalue weighted by Gasteiger charge is 2.33. The maximum Gasteiger partial charge on any atom is 0.217 e. The molecule has 146 valence electrons. The molecule has 0 amide bonds. The molecular formula is C21H28N2O3S. The third kappa shape index (κ3) is 5.30. The Bertz CT molecular complexity index is 832. The summed E-state index contributed by atoms with van der Waals surface area (Å²) in [5.74, 6) is 0.866. The van der Waals surface area contributed by atoms with Crippen molar-refractivity contribution in [3.63, 3.8) is 0 Å². The van der Waals surface area contributed by atoms with Gasteiger partial charge >= 0.3 is 0 Å². The molecule has 1 atom stereocenters. The summed E-state index contributed by atoms with van der Waals surface area (Å²) in [7, 11) is -1.46. The Morgan fingerprint density at radius 3 is 2.48 bits per heavy atom. The number of hydrogen-bond acceptors (Lipinski definition) is 5. The summed E-state index contributed by atoms with van der Waals surface area (Å²) >= 11 is 0. The number of hydrogen-bond donors (Lipinski definition) is 0. The molecule has 0 radical (unpaired) electrons. The summed E-state index contributed by atoms with van der Waals surface area (Å²) in [5, 5.41) is -0.310. The highest BCUT2D eigenvalue weighted by atomic mass is 32.2. The fourth-order valence-corrected chi connectivity index (χ4v) is 5.43. The second-order valence-corrected chi connectivity index (χ2v) is 9.61. The Labute approximate surface area is 162 Å². The molecule has 0 N–H and O–H groups in total. The lowest BCUT2D eigenvalue weighted by atomic mass is 9.89. The van der Waals surface area contributed by atoms with Crippen LogP contribution in [0.5, 0.6) is 5.88 Å². The summed E-state index contributed by atoms with van der Waals surface area (Å²) in [4.78, 5) is 6.62. The molecule has 1 unspecified atom stereocenters. The van der Waals surface area contributed by atoms with E-state index in [0.29, 0.717) is 12.3 Å². The normalized spacial score (nSPS) is 17.6. The molecule has 0 bridgehead atoms. The summed E-state index contributed by atoms with van der Waals surface area (Å²) in [6, 6.07) is 13.9. The van der Waals surface area contributed by atoms with Crippen LogP contribution < -0.4 is 4.74 Å². The predicted molar refractivity (Wildman–Crippen MR) is 108 cm³/mol. The van der Waals surface area contributed by atoms with Crippen LogP contribution in [0.25, 0.3) is 0 Å². The van der Waals surface area contributed by atoms with E-state index >= 15 is 0 Å². The number of methoxy groups -OCH3 is 1. The highest BCUT2D eigenvalue weighted by molar-refractivity contribution is 7.91. The van der Waals surface area contributed by atoms with E-state index in [1.54, 1.807) is 13.3 Å². The monoisotopic (exact) mass is 388 g/mol. The van der Waals surface area contributed by atoms with Gasteiger partial charge in [-0.1, -0.05) is 36.4 Å². The molecular weight excluding hydrogens is 360 g/mol. The maximum atomic E-state index is 12.5. The van der Waals surface area contributed by atoms with Crippen molar-refractivity contribution >= 4 is 9.84 Å². The third-order valence-electron chi connectivity index (χ3n) is 5.42. The van der Waals surface area contributed by atoms with Crippen molar-refractivity contribution in [2.24, 2.45) is 5.92 Å². The first kappa shape index (κ1) is 19.8. The van der Waals surface area contributed by atoms with Crippen LogP contribution in [0.2, 0.25) is 0 Å². The van der Waals surface area contributed by atoms with Crippen molar-refractivity contribution in [1.82, 2.24) is 9.88 Å². The van der Waals surface area contributed by atoms with Gasteiger partial charge in [-0.25, -0.2) is 13.4 Å². The average molecular weight is 389 g/mol. The number of rotatable bonds is 7. The van der Waals surface area contributed by atoms with Crippen LogP contribution in [0, 0.1) is 5.92 Å². The number of pyridine rings is 1. The van der Waals surface area contributed by atoms with E-state index in [-0.39, 0.29) is 11.2 Å². The minimum atomic E-state index is -3.10. The van der Waals surface area contributed by atoms with Gasteiger partial charge in [0, 0.05) is 24.6 Å². The standard InChI is InChI=1S/C21H28N2O3S/c1-26-21-19(9-6-12-22-21)16-23-13-10-18(11-14-23)20(27(2,24)25)15-17-7-4-3-5-8-17/h3-9,12,18,20H,10-11,13-16H2,1-2H3. The van der Waals surface area contributed by atoms with Crippen LogP contribution >= 0.6 is 0 Å². The zero-order valence-electron chi connectivity index (χ0n) is 16.0. The Balaban J connectivity index is 1.64. The molecule has 2 heterocycles. The van der Waals surface area contributed by atoms with Gasteiger partial charge in [0.2, 0.25) is 5.88 Å². The van der Waals surface area contributed by atoms with Crippen LogP contribution in [-0.2, 0) is 22.8 Å². The number of aromatic nitrogens is 1. The second-order valence-electron chi connectivity index (χ2n) is 7.34. The molecule has 1 fully saturated rings. The number of benzene rings is 1. The van der Waals surface area contributed by atoms with Gasteiger partial charge in [-0.2, -0.15) is 0 Å². The maximum absolute atomic E-state index is 12.5. The first-order valence-corrected chi connectivity index (χ1v) is 11.4. The molecule has 1 aliphatic rings. The Morgan fingerprint density at radius 1 is 1.15 bits per heavy atom. The predicted octanol–water partition coefficient (Wildman–Crippen LogP) is 2.96. The van der Waals surface area contributed by atoms with Crippen LogP contribution in [0.1, 0.15) is 24.0 Å². The zero-order chi connectivity index (χ0) is 19.3. The van der Waals surface area contributed by atoms with E-state index in [1.165, 1.54) is 6.26 Å². The van der Waals surface area contributed by atoms with Gasteiger partial charge in [0.25, 0.3) is 0 Å². The summed E-state index contributed by atoms with van der Waals surface area (Å²) in [5.41, 5.74) is 2.16. The minimum Gasteiger partial charge on any atom is -0.481 e. The van der Waals surface area contributed by atoms with Crippen molar-refractivity contribution in [3.8, 4) is 5.88 Å². The van der Waals surface area contributed by atoms with Crippen molar-refractivity contribution in [1.29, 1.82) is 0 Å². The molecule has 5 nitrogen and oxygen atoms in total. The topological polar surface area (TPSA) is 59.5 Å². The van der Waals surface area contributed by atoms with E-state index < -0.39 is 9.84 Å². The van der Waals surface area contributed by atoms with Crippen LogP contribution in [0.4, 0.5) is 0 Å². The molecule has 1 aromatic carbocycles. The van der Waals surface area contributed by atoms with E-state index in [1.807, 2.05) is 42.5 Å². The molecule has 1 aromatic heterocycles. The van der Waals surface area contributed by atoms with Crippen LogP contribution in [0.3, 0.4) is 0 Å². The smallest absolute Gasteiger partial charge is 0.217 e. The molecule has 6 heteroatoms. The number of piperidine rings is 1. The van der Waals surface area contributed by atoms with Crippen LogP contribution in [0.15, 0.2) is 48.7 Å². The third-order valence-corrected chi connectivity index (χ3v) is 7.08. The van der Waals surface area contributed by atoms with Crippen molar-refractivity contribution < 1.29 is 13.2 Å². The summed E-state index contributed by atoms with van der Waals surface area (Å²) in [6.45, 7) is 2.57. The number of sulfone groups is 1. The minimum absolute atomic E-state index is 0.201. The zero-order valence-corrected chi connectivity index (χ0v) is 16.9. The number of nitrogens with zero attached hydrogens (tertiary/aromatic N) is 2. The van der Waals surface area contributed by atoms with Crippen molar-refractivity contribution in [2.45, 2.75) is 31.1 Å². The van der Waals surface area contributed by atoms with Gasteiger partial charge in [-0.3, -0.25) is 4.90 Å². The quantitative estimate of drug-likeness (QED) is 0.730. The van der Waals surface area contributed by atoms with Gasteiger partial charge < -0.3 is 4.74 Å². The van der Waals surface area contributed by atoms with Gasteiger partial charge in [0.1, 0.15) is 0 Å². The van der Waals surface area contributed by atoms with Crippen molar-refractivity contribution in [2.75, 3.05) is 26.5 Å². The molecule has 3 rings (SSSR count). The lowest BCUT2D eigenvalue weighted by Crippen LogP contribution is -2.41. The van der Waals surface area contributed by atoms with Gasteiger partial charge in [0.05, 0.1) is 12.4 Å². The fraction of sp³-hybridized carbons (Fsp3) is 0.476. The molecule has 27 heavy (non-hydrogen) atoms. The molecule has 0 aliphatic carbocycles. The summed E-state index contributed by atoms with van der Waals surface area (Å²) in [6.07, 6.45) is 5.50. The Morgan fingerprint density at radius 2 is 1.85 bits per heavy atom. The summed E-state index contributed by atoms with van der Waals surface area (Å²) < 4.78 is 30.2. The van der Waals surface area contributed by atoms with E-state index in [0.717, 1.165) is 43.6 Å². The largest absolute Gasteiger partial charge is 0.481 e. The number of likely N-dealkylation sites (tertiary alicyclic amines) is 1. The molecule has 1 saturated heterocycles. The number of ether oxygens (including phenoxy) is 1. The molecule has 0 spiro atoms. The Kier molecular flexibility index (Phi) is 6.50. The average Bonchev–Trinajstić information content (AvgIpc) is 2.67. The first-order chi connectivity index (χ1) is 13.0. The van der Waals surface area contributed by atoms with Gasteiger partial charge in [0.15, 0.2) is 9.84 Å².